The van der Waals surface area contributed by atoms with Gasteiger partial charge in [0.25, 0.3) is 0 Å². The molecule has 2 aliphatic rings. The van der Waals surface area contributed by atoms with Gasteiger partial charge >= 0.3 is 23.9 Å². The van der Waals surface area contributed by atoms with Crippen LogP contribution in [0, 0.1) is 0 Å². The van der Waals surface area contributed by atoms with Gasteiger partial charge in [-0.25, -0.2) is 9.59 Å². The lowest BCUT2D eigenvalue weighted by Gasteiger charge is -2.36. The van der Waals surface area contributed by atoms with Crippen LogP contribution in [0.1, 0.15) is 51.3 Å². The zero-order valence-electron chi connectivity index (χ0n) is 24.2. The van der Waals surface area contributed by atoms with Crippen LogP contribution >= 0.6 is 11.6 Å². The Balaban J connectivity index is 1.33. The molecule has 0 radical (unpaired) electrons. The van der Waals surface area contributed by atoms with Gasteiger partial charge in [0.2, 0.25) is 0 Å². The van der Waals surface area contributed by atoms with Crippen LogP contribution in [-0.4, -0.2) is 23.9 Å². The predicted octanol–water partition coefficient (Wildman–Crippen LogP) is 6.71. The lowest BCUT2D eigenvalue weighted by molar-refractivity contribution is -0.132. The fourth-order valence-electron chi connectivity index (χ4n) is 5.82. The van der Waals surface area contributed by atoms with Gasteiger partial charge in [0.1, 0.15) is 28.7 Å². The van der Waals surface area contributed by atoms with E-state index in [4.69, 9.17) is 41.0 Å². The van der Waals surface area contributed by atoms with Crippen molar-refractivity contribution in [3.8, 4) is 28.7 Å². The van der Waals surface area contributed by atoms with Crippen molar-refractivity contribution in [3.63, 3.8) is 0 Å². The lowest BCUT2D eigenvalue weighted by Crippen LogP contribution is -2.33. The Morgan fingerprint density at radius 2 is 1.35 bits per heavy atom. The molecule has 0 bridgehead atoms. The van der Waals surface area contributed by atoms with E-state index in [1.165, 1.54) is 38.1 Å². The van der Waals surface area contributed by atoms with E-state index in [-0.39, 0.29) is 39.9 Å². The topological polar surface area (TPSA) is 140 Å². The number of carbonyl (C=O) groups is 4. The third-order valence-corrected chi connectivity index (χ3v) is 7.99. The minimum atomic E-state index is -1.51. The second-order valence-corrected chi connectivity index (χ2v) is 11.1. The summed E-state index contributed by atoms with van der Waals surface area (Å²) in [5, 5.41) is 1.68. The van der Waals surface area contributed by atoms with Gasteiger partial charge in [-0.05, 0) is 60.7 Å². The normalized spacial score (nSPS) is 13.6. The Morgan fingerprint density at radius 3 is 1.98 bits per heavy atom. The number of rotatable bonds is 4. The summed E-state index contributed by atoms with van der Waals surface area (Å²) in [4.78, 5) is 50.3. The highest BCUT2D eigenvalue weighted by molar-refractivity contribution is 6.35. The summed E-state index contributed by atoms with van der Waals surface area (Å²) in [6.45, 7) is 2.54. The summed E-state index contributed by atoms with van der Waals surface area (Å²) < 4.78 is 28.6. The molecule has 11 heteroatoms. The SMILES string of the molecule is CC(=O)Oc1ccc2c(c1)Oc1cc(OC(C)=O)ccc1C21OC(=O)c2cc(C(=O)Oc3ccc(Cl)c4ccc(N)cc34)ccc21. The molecule has 7 rings (SSSR count). The summed E-state index contributed by atoms with van der Waals surface area (Å²) in [5.41, 5.74) is 6.49. The van der Waals surface area contributed by atoms with E-state index >= 15 is 0 Å². The molecule has 46 heavy (non-hydrogen) atoms. The number of esters is 4. The van der Waals surface area contributed by atoms with Gasteiger partial charge in [-0.1, -0.05) is 23.7 Å². The summed E-state index contributed by atoms with van der Waals surface area (Å²) in [5.74, 6) is -1.33. The summed E-state index contributed by atoms with van der Waals surface area (Å²) in [6.07, 6.45) is 0. The van der Waals surface area contributed by atoms with Gasteiger partial charge in [0.05, 0.1) is 11.1 Å². The summed E-state index contributed by atoms with van der Waals surface area (Å²) >= 11 is 6.33. The van der Waals surface area contributed by atoms with E-state index in [0.717, 1.165) is 0 Å². The van der Waals surface area contributed by atoms with E-state index in [2.05, 4.69) is 0 Å². The molecule has 2 heterocycles. The van der Waals surface area contributed by atoms with Crippen molar-refractivity contribution in [1.82, 2.24) is 0 Å². The smallest absolute Gasteiger partial charge is 0.343 e. The number of ether oxygens (including phenoxy) is 5. The highest BCUT2D eigenvalue weighted by Gasteiger charge is 2.54. The standard InChI is InChI=1S/C35H22ClNO9/c1-17(38)42-21-5-9-27-31(15-21)44-32-16-22(43-18(2)39)6-10-28(32)35(27)26-8-3-19(13-25(26)34(41)46-35)33(40)45-30-12-11-29(36)23-7-4-20(37)14-24(23)30/h3-16H,37H2,1-2H3. The molecule has 0 fully saturated rings. The number of nitrogens with two attached hydrogens (primary N) is 1. The van der Waals surface area contributed by atoms with Gasteiger partial charge in [-0.2, -0.15) is 0 Å². The average Bonchev–Trinajstić information content (AvgIpc) is 3.29. The zero-order valence-corrected chi connectivity index (χ0v) is 25.0. The third-order valence-electron chi connectivity index (χ3n) is 7.66. The molecular weight excluding hydrogens is 614 g/mol. The molecule has 0 saturated heterocycles. The monoisotopic (exact) mass is 635 g/mol. The third kappa shape index (κ3) is 4.67. The van der Waals surface area contributed by atoms with Crippen LogP contribution in [0.2, 0.25) is 5.02 Å². The van der Waals surface area contributed by atoms with Gasteiger partial charge in [0.15, 0.2) is 5.60 Å². The van der Waals surface area contributed by atoms with Crippen LogP contribution in [0.3, 0.4) is 0 Å². The second-order valence-electron chi connectivity index (χ2n) is 10.7. The van der Waals surface area contributed by atoms with E-state index in [9.17, 15) is 19.2 Å². The largest absolute Gasteiger partial charge is 0.456 e. The number of fused-ring (bicyclic) bond motifs is 7. The van der Waals surface area contributed by atoms with Crippen LogP contribution in [0.5, 0.6) is 28.7 Å². The van der Waals surface area contributed by atoms with E-state index < -0.39 is 29.5 Å². The number of nitrogen functional groups attached to an aromatic ring is 1. The molecule has 2 N–H and O–H groups in total. The minimum Gasteiger partial charge on any atom is -0.456 e. The van der Waals surface area contributed by atoms with E-state index in [1.807, 2.05) is 0 Å². The van der Waals surface area contributed by atoms with Crippen LogP contribution in [-0.2, 0) is 19.9 Å². The molecule has 0 aromatic heterocycles. The Kier molecular flexibility index (Phi) is 6.68. The number of hydrogen-bond acceptors (Lipinski definition) is 10. The average molecular weight is 636 g/mol. The van der Waals surface area contributed by atoms with Crippen molar-refractivity contribution in [2.75, 3.05) is 5.73 Å². The van der Waals surface area contributed by atoms with Gasteiger partial charge in [0, 0.05) is 64.2 Å². The van der Waals surface area contributed by atoms with Crippen molar-refractivity contribution < 1.29 is 42.9 Å². The van der Waals surface area contributed by atoms with Gasteiger partial charge in [-0.15, -0.1) is 0 Å². The molecule has 5 aromatic carbocycles. The number of carbonyl (C=O) groups excluding carboxylic acids is 4. The van der Waals surface area contributed by atoms with E-state index in [0.29, 0.717) is 38.2 Å². The van der Waals surface area contributed by atoms with Crippen LogP contribution in [0.15, 0.2) is 84.9 Å². The Morgan fingerprint density at radius 1 is 0.717 bits per heavy atom. The number of benzene rings is 5. The highest BCUT2D eigenvalue weighted by atomic mass is 35.5. The molecule has 0 amide bonds. The first-order valence-corrected chi connectivity index (χ1v) is 14.3. The fourth-order valence-corrected chi connectivity index (χ4v) is 6.05. The molecule has 0 atom stereocenters. The molecule has 0 aliphatic carbocycles. The second kappa shape index (κ2) is 10.6. The van der Waals surface area contributed by atoms with Crippen molar-refractivity contribution >= 4 is 51.9 Å². The maximum absolute atomic E-state index is 13.6. The molecule has 0 saturated carbocycles. The molecule has 2 aliphatic heterocycles. The van der Waals surface area contributed by atoms with Crippen LogP contribution in [0.4, 0.5) is 5.69 Å². The molecule has 5 aromatic rings. The number of halogens is 1. The number of hydrogen-bond donors (Lipinski definition) is 1. The fraction of sp³-hybridized carbons (Fsp3) is 0.0857. The maximum Gasteiger partial charge on any atom is 0.343 e. The van der Waals surface area contributed by atoms with Crippen LogP contribution < -0.4 is 24.7 Å². The molecule has 228 valence electrons. The Bertz CT molecular complexity index is 2110. The number of anilines is 1. The highest BCUT2D eigenvalue weighted by Crippen LogP contribution is 2.57. The Hall–Kier alpha value is -5.87. The van der Waals surface area contributed by atoms with Crippen molar-refractivity contribution in [2.24, 2.45) is 0 Å². The van der Waals surface area contributed by atoms with E-state index in [1.54, 1.807) is 60.7 Å². The first kappa shape index (κ1) is 28.9. The minimum absolute atomic E-state index is 0.0997. The molecule has 10 nitrogen and oxygen atoms in total. The van der Waals surface area contributed by atoms with Gasteiger partial charge in [-0.3, -0.25) is 9.59 Å². The summed E-state index contributed by atoms with van der Waals surface area (Å²) in [7, 11) is 0. The first-order chi connectivity index (χ1) is 22.0. The quantitative estimate of drug-likeness (QED) is 0.129. The molecular formula is C35H22ClNO9. The van der Waals surface area contributed by atoms with Crippen molar-refractivity contribution in [1.29, 1.82) is 0 Å². The Labute approximate surface area is 266 Å². The first-order valence-electron chi connectivity index (χ1n) is 13.9. The van der Waals surface area contributed by atoms with Crippen molar-refractivity contribution in [3.05, 3.63) is 118 Å². The molecule has 0 unspecified atom stereocenters. The van der Waals surface area contributed by atoms with Crippen molar-refractivity contribution in [2.45, 2.75) is 19.4 Å². The lowest BCUT2D eigenvalue weighted by atomic mass is 9.77. The van der Waals surface area contributed by atoms with Crippen LogP contribution in [0.25, 0.3) is 10.8 Å². The maximum atomic E-state index is 13.6. The summed E-state index contributed by atoms with van der Waals surface area (Å²) in [6, 6.07) is 22.2. The zero-order chi connectivity index (χ0) is 32.3. The van der Waals surface area contributed by atoms with Gasteiger partial charge < -0.3 is 29.4 Å². The molecule has 1 spiro atoms. The predicted molar refractivity (Wildman–Crippen MR) is 166 cm³/mol.